The van der Waals surface area contributed by atoms with Crippen molar-refractivity contribution in [2.24, 2.45) is 10.9 Å². The zero-order valence-electron chi connectivity index (χ0n) is 12.3. The van der Waals surface area contributed by atoms with E-state index in [1.165, 1.54) is 0 Å². The van der Waals surface area contributed by atoms with Crippen LogP contribution in [0.3, 0.4) is 0 Å². The molecule has 0 bridgehead atoms. The lowest BCUT2D eigenvalue weighted by molar-refractivity contribution is 0.318. The van der Waals surface area contributed by atoms with Crippen molar-refractivity contribution in [2.75, 3.05) is 5.73 Å². The minimum atomic E-state index is 0.0861. The molecular weight excluding hydrogens is 288 g/mol. The van der Waals surface area contributed by atoms with Crippen LogP contribution >= 0.6 is 0 Å². The highest BCUT2D eigenvalue weighted by atomic mass is 16.4. The van der Waals surface area contributed by atoms with E-state index in [0.717, 1.165) is 21.9 Å². The van der Waals surface area contributed by atoms with Gasteiger partial charge in [0, 0.05) is 22.7 Å². The van der Waals surface area contributed by atoms with Crippen molar-refractivity contribution in [2.45, 2.75) is 0 Å². The molecule has 2 aromatic carbocycles. The molecule has 23 heavy (non-hydrogen) atoms. The van der Waals surface area contributed by atoms with Gasteiger partial charge in [-0.2, -0.15) is 0 Å². The van der Waals surface area contributed by atoms with Crippen LogP contribution in [0.5, 0.6) is 0 Å². The number of nitrogen functional groups attached to an aromatic ring is 1. The lowest BCUT2D eigenvalue weighted by Crippen LogP contribution is -2.12. The molecule has 0 aliphatic carbocycles. The first-order valence-electron chi connectivity index (χ1n) is 7.08. The molecule has 5 nitrogen and oxygen atoms in total. The fourth-order valence-corrected chi connectivity index (χ4v) is 2.38. The van der Waals surface area contributed by atoms with Crippen LogP contribution in [0.2, 0.25) is 0 Å². The van der Waals surface area contributed by atoms with Gasteiger partial charge in [0.05, 0.1) is 0 Å². The van der Waals surface area contributed by atoms with E-state index in [2.05, 4.69) is 10.1 Å². The molecule has 0 saturated heterocycles. The maximum Gasteiger partial charge on any atom is 0.170 e. The van der Waals surface area contributed by atoms with Crippen LogP contribution in [0.4, 0.5) is 5.82 Å². The number of nitrogens with two attached hydrogens (primary N) is 2. The summed E-state index contributed by atoms with van der Waals surface area (Å²) in [6.07, 6.45) is 5.67. The van der Waals surface area contributed by atoms with E-state index in [4.69, 9.17) is 16.7 Å². The van der Waals surface area contributed by atoms with Gasteiger partial charge in [0.2, 0.25) is 0 Å². The Hall–Kier alpha value is -3.34. The molecule has 0 aliphatic heterocycles. The molecule has 3 rings (SSSR count). The van der Waals surface area contributed by atoms with Crippen LogP contribution in [0, 0.1) is 0 Å². The number of rotatable bonds is 3. The molecule has 0 aliphatic rings. The van der Waals surface area contributed by atoms with Crippen molar-refractivity contribution >= 4 is 34.6 Å². The highest BCUT2D eigenvalue weighted by molar-refractivity contribution is 5.98. The predicted octanol–water partition coefficient (Wildman–Crippen LogP) is 3.08. The highest BCUT2D eigenvalue weighted by Crippen LogP contribution is 2.24. The third-order valence-corrected chi connectivity index (χ3v) is 3.63. The van der Waals surface area contributed by atoms with Gasteiger partial charge in [0.15, 0.2) is 5.84 Å². The van der Waals surface area contributed by atoms with Crippen LogP contribution in [0.15, 0.2) is 59.9 Å². The van der Waals surface area contributed by atoms with Gasteiger partial charge in [-0.1, -0.05) is 65.8 Å². The minimum Gasteiger partial charge on any atom is -0.409 e. The van der Waals surface area contributed by atoms with Crippen molar-refractivity contribution in [1.82, 2.24) is 4.98 Å². The number of benzene rings is 2. The second kappa shape index (κ2) is 6.19. The van der Waals surface area contributed by atoms with E-state index in [9.17, 15) is 0 Å². The monoisotopic (exact) mass is 304 g/mol. The first kappa shape index (κ1) is 14.6. The Morgan fingerprint density at radius 2 is 1.78 bits per heavy atom. The summed E-state index contributed by atoms with van der Waals surface area (Å²) in [5, 5.41) is 13.8. The van der Waals surface area contributed by atoms with Crippen molar-refractivity contribution in [1.29, 1.82) is 0 Å². The smallest absolute Gasteiger partial charge is 0.170 e. The normalized spacial score (nSPS) is 12.1. The van der Waals surface area contributed by atoms with Crippen LogP contribution in [-0.4, -0.2) is 16.0 Å². The number of fused-ring (bicyclic) bond motifs is 1. The van der Waals surface area contributed by atoms with Crippen LogP contribution in [0.1, 0.15) is 16.7 Å². The van der Waals surface area contributed by atoms with E-state index in [0.29, 0.717) is 11.4 Å². The average molecular weight is 304 g/mol. The van der Waals surface area contributed by atoms with Crippen molar-refractivity contribution < 1.29 is 5.21 Å². The summed E-state index contributed by atoms with van der Waals surface area (Å²) >= 11 is 0. The lowest BCUT2D eigenvalue weighted by atomic mass is 10.0. The van der Waals surface area contributed by atoms with Gasteiger partial charge < -0.3 is 16.7 Å². The van der Waals surface area contributed by atoms with E-state index >= 15 is 0 Å². The molecule has 3 aromatic rings. The SMILES string of the molecule is N/C(=N/O)c1ccc(/C=C/c2c(N)ncc3ccccc23)cc1. The fraction of sp³-hybridized carbons (Fsp3) is 0. The zero-order chi connectivity index (χ0) is 16.2. The van der Waals surface area contributed by atoms with Crippen LogP contribution in [0.25, 0.3) is 22.9 Å². The highest BCUT2D eigenvalue weighted by Gasteiger charge is 2.03. The molecule has 0 atom stereocenters. The second-order valence-corrected chi connectivity index (χ2v) is 5.08. The van der Waals surface area contributed by atoms with Gasteiger partial charge in [0.25, 0.3) is 0 Å². The number of hydrogen-bond acceptors (Lipinski definition) is 4. The number of pyridine rings is 1. The van der Waals surface area contributed by atoms with E-state index in [1.807, 2.05) is 48.6 Å². The molecule has 5 heteroatoms. The van der Waals surface area contributed by atoms with E-state index in [-0.39, 0.29) is 5.84 Å². The Bertz CT molecular complexity index is 899. The maximum atomic E-state index is 8.67. The minimum absolute atomic E-state index is 0.0861. The van der Waals surface area contributed by atoms with Gasteiger partial charge in [-0.15, -0.1) is 0 Å². The fourth-order valence-electron chi connectivity index (χ4n) is 2.38. The topological polar surface area (TPSA) is 97.5 Å². The second-order valence-electron chi connectivity index (χ2n) is 5.08. The van der Waals surface area contributed by atoms with Crippen LogP contribution < -0.4 is 11.5 Å². The Morgan fingerprint density at radius 3 is 2.52 bits per heavy atom. The third kappa shape index (κ3) is 2.98. The summed E-state index contributed by atoms with van der Waals surface area (Å²) in [7, 11) is 0. The third-order valence-electron chi connectivity index (χ3n) is 3.63. The number of aromatic nitrogens is 1. The standard InChI is InChI=1S/C18H16N4O/c19-17(22-23)13-8-5-12(6-9-13)7-10-16-15-4-2-1-3-14(15)11-21-18(16)20/h1-11,23H,(H2,19,22)(H2,20,21)/b10-7+. The van der Waals surface area contributed by atoms with Crippen LogP contribution in [-0.2, 0) is 0 Å². The molecule has 1 heterocycles. The lowest BCUT2D eigenvalue weighted by Gasteiger charge is -2.05. The summed E-state index contributed by atoms with van der Waals surface area (Å²) < 4.78 is 0. The van der Waals surface area contributed by atoms with Gasteiger partial charge in [-0.05, 0) is 10.9 Å². The molecule has 1 aromatic heterocycles. The quantitative estimate of drug-likeness (QED) is 0.300. The van der Waals surface area contributed by atoms with Crippen molar-refractivity contribution in [3.8, 4) is 0 Å². The van der Waals surface area contributed by atoms with Gasteiger partial charge in [-0.25, -0.2) is 4.98 Å². The number of hydrogen-bond donors (Lipinski definition) is 3. The first-order valence-corrected chi connectivity index (χ1v) is 7.08. The molecule has 0 unspecified atom stereocenters. The summed E-state index contributed by atoms with van der Waals surface area (Å²) in [6.45, 7) is 0. The number of nitrogens with zero attached hydrogens (tertiary/aromatic N) is 2. The van der Waals surface area contributed by atoms with Crippen molar-refractivity contribution in [3.05, 3.63) is 71.4 Å². The molecule has 114 valence electrons. The Morgan fingerprint density at radius 1 is 1.04 bits per heavy atom. The Balaban J connectivity index is 1.96. The summed E-state index contributed by atoms with van der Waals surface area (Å²) in [5.74, 6) is 0.580. The maximum absolute atomic E-state index is 8.67. The van der Waals surface area contributed by atoms with E-state index in [1.54, 1.807) is 18.3 Å². The number of anilines is 1. The molecule has 0 spiro atoms. The molecular formula is C18H16N4O. The summed E-state index contributed by atoms with van der Waals surface area (Å²) in [4.78, 5) is 4.23. The summed E-state index contributed by atoms with van der Waals surface area (Å²) in [6, 6.07) is 15.3. The summed E-state index contributed by atoms with van der Waals surface area (Å²) in [5.41, 5.74) is 14.1. The Kier molecular flexibility index (Phi) is 3.93. The Labute approximate surface area is 133 Å². The molecule has 5 N–H and O–H groups in total. The molecule has 0 radical (unpaired) electrons. The van der Waals surface area contributed by atoms with Crippen molar-refractivity contribution in [3.63, 3.8) is 0 Å². The van der Waals surface area contributed by atoms with E-state index < -0.39 is 0 Å². The zero-order valence-corrected chi connectivity index (χ0v) is 12.3. The van der Waals surface area contributed by atoms with Gasteiger partial charge >= 0.3 is 0 Å². The predicted molar refractivity (Wildman–Crippen MR) is 94.0 cm³/mol. The first-order chi connectivity index (χ1) is 11.2. The van der Waals surface area contributed by atoms with Gasteiger partial charge in [-0.3, -0.25) is 0 Å². The van der Waals surface area contributed by atoms with Gasteiger partial charge in [0.1, 0.15) is 5.82 Å². The number of amidine groups is 1. The molecule has 0 saturated carbocycles. The molecule has 0 amide bonds. The molecule has 0 fully saturated rings. The number of oxime groups is 1. The largest absolute Gasteiger partial charge is 0.409 e. The average Bonchev–Trinajstić information content (AvgIpc) is 2.60.